The molecule has 5 heteroatoms. The van der Waals surface area contributed by atoms with Gasteiger partial charge in [-0.05, 0) is 55.3 Å². The number of ether oxygens (including phenoxy) is 1. The molecule has 0 aliphatic carbocycles. The molecule has 0 saturated carbocycles. The summed E-state index contributed by atoms with van der Waals surface area (Å²) in [6, 6.07) is 15.0. The van der Waals surface area contributed by atoms with Gasteiger partial charge in [-0.2, -0.15) is 0 Å². The Labute approximate surface area is 148 Å². The second kappa shape index (κ2) is 8.35. The van der Waals surface area contributed by atoms with E-state index in [0.717, 1.165) is 30.9 Å². The first-order valence-corrected chi connectivity index (χ1v) is 8.55. The molecule has 2 amide bonds. The van der Waals surface area contributed by atoms with Gasteiger partial charge in [0, 0.05) is 24.0 Å². The molecule has 3 rings (SSSR count). The molecule has 2 aromatic carbocycles. The van der Waals surface area contributed by atoms with E-state index in [2.05, 4.69) is 22.0 Å². The predicted molar refractivity (Wildman–Crippen MR) is 102 cm³/mol. The third kappa shape index (κ3) is 4.84. The Bertz CT molecular complexity index is 754. The minimum Gasteiger partial charge on any atom is -0.494 e. The van der Waals surface area contributed by atoms with Crippen LogP contribution in [0.1, 0.15) is 18.9 Å². The maximum absolute atomic E-state index is 12.2. The molecule has 1 heterocycles. The van der Waals surface area contributed by atoms with E-state index in [9.17, 15) is 4.79 Å². The van der Waals surface area contributed by atoms with Gasteiger partial charge in [0.15, 0.2) is 0 Å². The highest BCUT2D eigenvalue weighted by Gasteiger charge is 2.07. The minimum absolute atomic E-state index is 0.275. The number of nitrogens with one attached hydrogen (secondary N) is 3. The summed E-state index contributed by atoms with van der Waals surface area (Å²) < 4.78 is 5.44. The molecule has 25 heavy (non-hydrogen) atoms. The Kier molecular flexibility index (Phi) is 5.69. The Morgan fingerprint density at radius 3 is 2.64 bits per heavy atom. The van der Waals surface area contributed by atoms with Crippen LogP contribution in [0.15, 0.2) is 54.6 Å². The Balaban J connectivity index is 1.59. The van der Waals surface area contributed by atoms with Gasteiger partial charge in [0.25, 0.3) is 0 Å². The summed E-state index contributed by atoms with van der Waals surface area (Å²) in [6.07, 6.45) is 3.24. The van der Waals surface area contributed by atoms with E-state index >= 15 is 0 Å². The van der Waals surface area contributed by atoms with Gasteiger partial charge in [0.05, 0.1) is 6.61 Å². The monoisotopic (exact) mass is 337 g/mol. The molecule has 0 aromatic heterocycles. The van der Waals surface area contributed by atoms with E-state index in [0.29, 0.717) is 12.3 Å². The highest BCUT2D eigenvalue weighted by Crippen LogP contribution is 2.22. The lowest BCUT2D eigenvalue weighted by Gasteiger charge is -2.15. The lowest BCUT2D eigenvalue weighted by molar-refractivity contribution is 0.262. The number of urea groups is 1. The molecule has 0 bridgehead atoms. The van der Waals surface area contributed by atoms with Crippen LogP contribution in [0.25, 0.3) is 5.57 Å². The van der Waals surface area contributed by atoms with Crippen molar-refractivity contribution in [1.29, 1.82) is 0 Å². The Morgan fingerprint density at radius 2 is 1.92 bits per heavy atom. The van der Waals surface area contributed by atoms with Crippen LogP contribution in [0.3, 0.4) is 0 Å². The van der Waals surface area contributed by atoms with Crippen LogP contribution in [0.2, 0.25) is 0 Å². The van der Waals surface area contributed by atoms with E-state index in [1.165, 1.54) is 11.1 Å². The number of carbonyl (C=O) groups excluding carboxylic acids is 1. The summed E-state index contributed by atoms with van der Waals surface area (Å²) in [4.78, 5) is 12.2. The first-order chi connectivity index (χ1) is 12.2. The zero-order valence-corrected chi connectivity index (χ0v) is 14.3. The van der Waals surface area contributed by atoms with Crippen molar-refractivity contribution in [3.63, 3.8) is 0 Å². The summed E-state index contributed by atoms with van der Waals surface area (Å²) in [7, 11) is 0. The summed E-state index contributed by atoms with van der Waals surface area (Å²) in [5.74, 6) is 0.736. The van der Waals surface area contributed by atoms with Crippen molar-refractivity contribution in [3.05, 3.63) is 60.2 Å². The summed E-state index contributed by atoms with van der Waals surface area (Å²) in [6.45, 7) is 4.44. The van der Waals surface area contributed by atoms with Crippen LogP contribution >= 0.6 is 0 Å². The van der Waals surface area contributed by atoms with Gasteiger partial charge in [0.2, 0.25) is 0 Å². The van der Waals surface area contributed by atoms with E-state index in [-0.39, 0.29) is 6.03 Å². The lowest BCUT2D eigenvalue weighted by Crippen LogP contribution is -2.20. The van der Waals surface area contributed by atoms with Gasteiger partial charge < -0.3 is 20.7 Å². The van der Waals surface area contributed by atoms with Crippen molar-refractivity contribution in [2.75, 3.05) is 30.3 Å². The molecule has 0 saturated heterocycles. The Morgan fingerprint density at radius 1 is 1.12 bits per heavy atom. The number of hydrogen-bond acceptors (Lipinski definition) is 3. The lowest BCUT2D eigenvalue weighted by atomic mass is 10.0. The largest absolute Gasteiger partial charge is 0.494 e. The molecule has 5 nitrogen and oxygen atoms in total. The minimum atomic E-state index is -0.275. The van der Waals surface area contributed by atoms with E-state index in [4.69, 9.17) is 4.74 Å². The van der Waals surface area contributed by atoms with Crippen LogP contribution in [-0.4, -0.2) is 25.7 Å². The highest BCUT2D eigenvalue weighted by atomic mass is 16.5. The Hall–Kier alpha value is -2.79. The van der Waals surface area contributed by atoms with Gasteiger partial charge in [-0.1, -0.05) is 24.3 Å². The first-order valence-electron chi connectivity index (χ1n) is 8.55. The van der Waals surface area contributed by atoms with Crippen LogP contribution in [0, 0.1) is 0 Å². The standard InChI is InChI=1S/C20H23N3O2/c1-2-25-19-5-3-4-18(14-19)23-20(24)22-17-8-6-15(7-9-17)16-10-12-21-13-11-16/h3-10,14,21H,2,11-13H2,1H3,(H2,22,23,24). The zero-order chi connectivity index (χ0) is 17.5. The van der Waals surface area contributed by atoms with E-state index in [1.54, 1.807) is 6.07 Å². The molecular formula is C20H23N3O2. The fourth-order valence-corrected chi connectivity index (χ4v) is 2.78. The SMILES string of the molecule is CCOc1cccc(NC(=O)Nc2ccc(C3=CCNCC3)cc2)c1. The first kappa shape index (κ1) is 17.0. The molecule has 2 aromatic rings. The average molecular weight is 337 g/mol. The third-order valence-corrected chi connectivity index (χ3v) is 3.98. The molecule has 3 N–H and O–H groups in total. The third-order valence-electron chi connectivity index (χ3n) is 3.98. The normalized spacial score (nSPS) is 13.7. The molecule has 0 fully saturated rings. The quantitative estimate of drug-likeness (QED) is 0.769. The predicted octanol–water partition coefficient (Wildman–Crippen LogP) is 4.11. The number of rotatable bonds is 5. The van der Waals surface area contributed by atoms with E-state index in [1.807, 2.05) is 49.4 Å². The van der Waals surface area contributed by atoms with Crippen LogP contribution in [0.4, 0.5) is 16.2 Å². The van der Waals surface area contributed by atoms with Crippen molar-refractivity contribution in [3.8, 4) is 5.75 Å². The molecule has 1 aliphatic rings. The molecule has 130 valence electrons. The summed E-state index contributed by atoms with van der Waals surface area (Å²) in [5.41, 5.74) is 4.01. The molecule has 0 radical (unpaired) electrons. The number of amides is 2. The number of anilines is 2. The topological polar surface area (TPSA) is 62.4 Å². The van der Waals surface area contributed by atoms with Crippen LogP contribution < -0.4 is 20.7 Å². The maximum atomic E-state index is 12.2. The molecule has 1 aliphatic heterocycles. The number of benzene rings is 2. The fraction of sp³-hybridized carbons (Fsp3) is 0.250. The van der Waals surface area contributed by atoms with Crippen molar-refractivity contribution in [2.24, 2.45) is 0 Å². The van der Waals surface area contributed by atoms with Crippen molar-refractivity contribution >= 4 is 23.0 Å². The second-order valence-electron chi connectivity index (χ2n) is 5.80. The van der Waals surface area contributed by atoms with Gasteiger partial charge in [-0.3, -0.25) is 0 Å². The second-order valence-corrected chi connectivity index (χ2v) is 5.80. The van der Waals surface area contributed by atoms with Gasteiger partial charge in [0.1, 0.15) is 5.75 Å². The highest BCUT2D eigenvalue weighted by molar-refractivity contribution is 5.99. The van der Waals surface area contributed by atoms with Crippen molar-refractivity contribution in [2.45, 2.75) is 13.3 Å². The molecule has 0 spiro atoms. The van der Waals surface area contributed by atoms with Crippen LogP contribution in [-0.2, 0) is 0 Å². The van der Waals surface area contributed by atoms with Gasteiger partial charge in [-0.25, -0.2) is 4.79 Å². The number of carbonyl (C=O) groups is 1. The van der Waals surface area contributed by atoms with Gasteiger partial charge in [-0.15, -0.1) is 0 Å². The van der Waals surface area contributed by atoms with Crippen molar-refractivity contribution in [1.82, 2.24) is 5.32 Å². The summed E-state index contributed by atoms with van der Waals surface area (Å²) in [5, 5.41) is 8.97. The van der Waals surface area contributed by atoms with E-state index < -0.39 is 0 Å². The van der Waals surface area contributed by atoms with Crippen LogP contribution in [0.5, 0.6) is 5.75 Å². The molecule has 0 atom stereocenters. The van der Waals surface area contributed by atoms with Crippen molar-refractivity contribution < 1.29 is 9.53 Å². The van der Waals surface area contributed by atoms with Gasteiger partial charge >= 0.3 is 6.03 Å². The zero-order valence-electron chi connectivity index (χ0n) is 14.3. The molecular weight excluding hydrogens is 314 g/mol. The average Bonchev–Trinajstić information content (AvgIpc) is 2.63. The fourth-order valence-electron chi connectivity index (χ4n) is 2.78. The maximum Gasteiger partial charge on any atom is 0.323 e. The summed E-state index contributed by atoms with van der Waals surface area (Å²) >= 11 is 0. The smallest absolute Gasteiger partial charge is 0.323 e. The molecule has 0 unspecified atom stereocenters. The number of hydrogen-bond donors (Lipinski definition) is 3.